The van der Waals surface area contributed by atoms with Gasteiger partial charge in [0.15, 0.2) is 0 Å². The Hall–Kier alpha value is -0.660. The number of rotatable bonds is 11. The molecule has 114 valence electrons. The standard InChI is InChI=1S/C9H18O.C8H16O/c1-3-4-5-6-7-8-9(2)10;1-3-4-5-6-7-8(2)9/h3-8H2,1-2H3;3-7H2,1-2H3. The van der Waals surface area contributed by atoms with Crippen LogP contribution >= 0.6 is 0 Å². The first-order valence-corrected chi connectivity index (χ1v) is 8.03. The van der Waals surface area contributed by atoms with E-state index in [1.54, 1.807) is 13.8 Å². The Balaban J connectivity index is 0. The lowest BCUT2D eigenvalue weighted by molar-refractivity contribution is -0.117. The minimum Gasteiger partial charge on any atom is -0.300 e. The largest absolute Gasteiger partial charge is 0.300 e. The van der Waals surface area contributed by atoms with E-state index in [1.165, 1.54) is 44.9 Å². The number of carbonyl (C=O) groups is 2. The fraction of sp³-hybridized carbons (Fsp3) is 0.882. The summed E-state index contributed by atoms with van der Waals surface area (Å²) < 4.78 is 0. The number of ketones is 2. The van der Waals surface area contributed by atoms with Crippen LogP contribution in [0, 0.1) is 0 Å². The quantitative estimate of drug-likeness (QED) is 0.466. The number of unbranched alkanes of at least 4 members (excludes halogenated alkanes) is 7. The second-order valence-corrected chi connectivity index (χ2v) is 5.38. The third-order valence-electron chi connectivity index (χ3n) is 3.01. The van der Waals surface area contributed by atoms with Crippen LogP contribution in [0.4, 0.5) is 0 Å². The van der Waals surface area contributed by atoms with E-state index < -0.39 is 0 Å². The molecular weight excluding hydrogens is 236 g/mol. The molecule has 0 amide bonds. The lowest BCUT2D eigenvalue weighted by Gasteiger charge is -1.95. The summed E-state index contributed by atoms with van der Waals surface area (Å²) in [6.45, 7) is 7.70. The van der Waals surface area contributed by atoms with Gasteiger partial charge in [-0.25, -0.2) is 0 Å². The highest BCUT2D eigenvalue weighted by Gasteiger charge is 1.92. The van der Waals surface area contributed by atoms with E-state index in [1.807, 2.05) is 0 Å². The maximum atomic E-state index is 10.5. The monoisotopic (exact) mass is 270 g/mol. The zero-order valence-electron chi connectivity index (χ0n) is 13.6. The highest BCUT2D eigenvalue weighted by Crippen LogP contribution is 2.04. The fourth-order valence-corrected chi connectivity index (χ4v) is 1.78. The maximum Gasteiger partial charge on any atom is 0.129 e. The predicted octanol–water partition coefficient (Wildman–Crippen LogP) is 5.48. The molecular formula is C17H34O2. The topological polar surface area (TPSA) is 34.1 Å². The van der Waals surface area contributed by atoms with Crippen molar-refractivity contribution in [3.8, 4) is 0 Å². The molecule has 0 atom stereocenters. The fourth-order valence-electron chi connectivity index (χ4n) is 1.78. The van der Waals surface area contributed by atoms with Crippen molar-refractivity contribution in [2.45, 2.75) is 98.3 Å². The molecule has 0 N–H and O–H groups in total. The van der Waals surface area contributed by atoms with Gasteiger partial charge in [0, 0.05) is 12.8 Å². The summed E-state index contributed by atoms with van der Waals surface area (Å²) in [6, 6.07) is 0. The van der Waals surface area contributed by atoms with Crippen LogP contribution in [0.1, 0.15) is 98.3 Å². The van der Waals surface area contributed by atoms with Gasteiger partial charge in [0.05, 0.1) is 0 Å². The van der Waals surface area contributed by atoms with E-state index >= 15 is 0 Å². The number of Topliss-reactive ketones (excluding diaryl/α,β-unsaturated/α-hetero) is 2. The van der Waals surface area contributed by atoms with Crippen LogP contribution in [0.3, 0.4) is 0 Å². The van der Waals surface area contributed by atoms with Crippen molar-refractivity contribution in [2.24, 2.45) is 0 Å². The molecule has 0 aliphatic heterocycles. The summed E-state index contributed by atoms with van der Waals surface area (Å²) >= 11 is 0. The molecule has 0 bridgehead atoms. The average Bonchev–Trinajstić information content (AvgIpc) is 2.35. The van der Waals surface area contributed by atoms with Crippen LogP contribution in [0.25, 0.3) is 0 Å². The van der Waals surface area contributed by atoms with Gasteiger partial charge < -0.3 is 9.59 Å². The molecule has 0 aromatic heterocycles. The van der Waals surface area contributed by atoms with Crippen molar-refractivity contribution in [2.75, 3.05) is 0 Å². The van der Waals surface area contributed by atoms with Crippen LogP contribution in [0.2, 0.25) is 0 Å². The average molecular weight is 270 g/mol. The molecule has 0 aliphatic rings. The van der Waals surface area contributed by atoms with Gasteiger partial charge in [0.2, 0.25) is 0 Å². The number of hydrogen-bond acceptors (Lipinski definition) is 2. The second-order valence-electron chi connectivity index (χ2n) is 5.38. The Morgan fingerprint density at radius 3 is 1.21 bits per heavy atom. The molecule has 2 heteroatoms. The lowest BCUT2D eigenvalue weighted by Crippen LogP contribution is -1.88. The molecule has 0 radical (unpaired) electrons. The van der Waals surface area contributed by atoms with Crippen LogP contribution in [0.5, 0.6) is 0 Å². The van der Waals surface area contributed by atoms with Crippen LogP contribution in [-0.4, -0.2) is 11.6 Å². The van der Waals surface area contributed by atoms with Crippen LogP contribution in [-0.2, 0) is 9.59 Å². The molecule has 0 saturated heterocycles. The Bertz CT molecular complexity index is 209. The SMILES string of the molecule is CCCCCCC(C)=O.CCCCCCCC(C)=O. The lowest BCUT2D eigenvalue weighted by atomic mass is 10.1. The van der Waals surface area contributed by atoms with Gasteiger partial charge in [-0.05, 0) is 26.7 Å². The summed E-state index contributed by atoms with van der Waals surface area (Å²) in [5.74, 6) is 0.655. The van der Waals surface area contributed by atoms with Crippen molar-refractivity contribution in [3.63, 3.8) is 0 Å². The van der Waals surface area contributed by atoms with E-state index in [0.29, 0.717) is 11.6 Å². The minimum atomic E-state index is 0.325. The summed E-state index contributed by atoms with van der Waals surface area (Å²) in [4.78, 5) is 20.9. The molecule has 0 heterocycles. The van der Waals surface area contributed by atoms with Gasteiger partial charge in [0.1, 0.15) is 11.6 Å². The maximum absolute atomic E-state index is 10.5. The molecule has 0 aromatic rings. The van der Waals surface area contributed by atoms with Crippen molar-refractivity contribution in [1.82, 2.24) is 0 Å². The Labute approximate surface area is 120 Å². The highest BCUT2D eigenvalue weighted by molar-refractivity contribution is 5.75. The smallest absolute Gasteiger partial charge is 0.129 e. The van der Waals surface area contributed by atoms with Gasteiger partial charge in [-0.2, -0.15) is 0 Å². The zero-order valence-corrected chi connectivity index (χ0v) is 13.6. The first kappa shape index (κ1) is 20.7. The first-order chi connectivity index (χ1) is 9.04. The van der Waals surface area contributed by atoms with E-state index in [2.05, 4.69) is 13.8 Å². The second kappa shape index (κ2) is 17.3. The molecule has 0 saturated carbocycles. The van der Waals surface area contributed by atoms with Crippen molar-refractivity contribution in [3.05, 3.63) is 0 Å². The molecule has 0 aliphatic carbocycles. The Morgan fingerprint density at radius 2 is 0.895 bits per heavy atom. The van der Waals surface area contributed by atoms with Gasteiger partial charge in [-0.15, -0.1) is 0 Å². The summed E-state index contributed by atoms with van der Waals surface area (Å²) in [5.41, 5.74) is 0. The van der Waals surface area contributed by atoms with E-state index in [9.17, 15) is 9.59 Å². The molecule has 0 unspecified atom stereocenters. The molecule has 0 rings (SSSR count). The van der Waals surface area contributed by atoms with E-state index in [0.717, 1.165) is 25.7 Å². The van der Waals surface area contributed by atoms with Crippen molar-refractivity contribution >= 4 is 11.6 Å². The molecule has 2 nitrogen and oxygen atoms in total. The minimum absolute atomic E-state index is 0.325. The molecule has 0 spiro atoms. The third-order valence-corrected chi connectivity index (χ3v) is 3.01. The third kappa shape index (κ3) is 26.8. The highest BCUT2D eigenvalue weighted by atomic mass is 16.1. The molecule has 0 aromatic carbocycles. The summed E-state index contributed by atoms with van der Waals surface area (Å²) in [6.07, 6.45) is 12.6. The van der Waals surface area contributed by atoms with Crippen LogP contribution in [0.15, 0.2) is 0 Å². The Kier molecular flexibility index (Phi) is 18.8. The first-order valence-electron chi connectivity index (χ1n) is 8.03. The summed E-state index contributed by atoms with van der Waals surface area (Å²) in [5, 5.41) is 0. The molecule has 19 heavy (non-hydrogen) atoms. The normalized spacial score (nSPS) is 9.68. The van der Waals surface area contributed by atoms with Crippen molar-refractivity contribution in [1.29, 1.82) is 0 Å². The van der Waals surface area contributed by atoms with E-state index in [4.69, 9.17) is 0 Å². The number of hydrogen-bond donors (Lipinski definition) is 0. The van der Waals surface area contributed by atoms with Gasteiger partial charge in [0.25, 0.3) is 0 Å². The Morgan fingerprint density at radius 1 is 0.579 bits per heavy atom. The van der Waals surface area contributed by atoms with Gasteiger partial charge in [-0.1, -0.05) is 58.8 Å². The molecule has 0 fully saturated rings. The van der Waals surface area contributed by atoms with Crippen molar-refractivity contribution < 1.29 is 9.59 Å². The predicted molar refractivity (Wildman–Crippen MR) is 83.5 cm³/mol. The van der Waals surface area contributed by atoms with Crippen LogP contribution < -0.4 is 0 Å². The number of carbonyl (C=O) groups excluding carboxylic acids is 2. The zero-order chi connectivity index (χ0) is 14.9. The van der Waals surface area contributed by atoms with Gasteiger partial charge in [-0.3, -0.25) is 0 Å². The summed E-state index contributed by atoms with van der Waals surface area (Å²) in [7, 11) is 0. The van der Waals surface area contributed by atoms with E-state index in [-0.39, 0.29) is 0 Å². The van der Waals surface area contributed by atoms with Gasteiger partial charge >= 0.3 is 0 Å².